The van der Waals surface area contributed by atoms with Crippen molar-refractivity contribution in [3.05, 3.63) is 35.6 Å². The normalized spacial score (nSPS) is 11.5. The van der Waals surface area contributed by atoms with Crippen molar-refractivity contribution in [3.63, 3.8) is 0 Å². The number of hydrogen-bond donors (Lipinski definition) is 0. The first-order valence-electron chi connectivity index (χ1n) is 5.38. The van der Waals surface area contributed by atoms with Crippen LogP contribution in [0.25, 0.3) is 11.0 Å². The zero-order chi connectivity index (χ0) is 13.2. The first kappa shape index (κ1) is 12.5. The molecule has 2 aromatic heterocycles. The Balaban J connectivity index is 1.95. The monoisotopic (exact) mass is 298 g/mol. The fourth-order valence-corrected chi connectivity index (χ4v) is 3.18. The van der Waals surface area contributed by atoms with Crippen molar-refractivity contribution in [2.24, 2.45) is 0 Å². The molecule has 4 nitrogen and oxygen atoms in total. The van der Waals surface area contributed by atoms with Gasteiger partial charge in [-0.2, -0.15) is 8.78 Å². The van der Waals surface area contributed by atoms with Gasteiger partial charge in [-0.05, 0) is 12.1 Å². The Morgan fingerprint density at radius 2 is 2.16 bits per heavy atom. The Kier molecular flexibility index (Phi) is 3.43. The number of para-hydroxylation sites is 2. The second kappa shape index (κ2) is 5.22. The molecule has 1 aromatic carbocycles. The van der Waals surface area contributed by atoms with Crippen molar-refractivity contribution in [1.29, 1.82) is 0 Å². The minimum atomic E-state index is -2.60. The van der Waals surface area contributed by atoms with E-state index in [2.05, 4.69) is 15.2 Å². The molecule has 0 aliphatic heterocycles. The maximum Gasteiger partial charge on any atom is 0.320 e. The van der Waals surface area contributed by atoms with Crippen molar-refractivity contribution in [2.75, 3.05) is 0 Å². The van der Waals surface area contributed by atoms with Crippen LogP contribution in [0.3, 0.4) is 0 Å². The van der Waals surface area contributed by atoms with Gasteiger partial charge in [0.2, 0.25) is 0 Å². The number of thioether (sulfide) groups is 1. The molecule has 19 heavy (non-hydrogen) atoms. The second-order valence-corrected chi connectivity index (χ2v) is 5.71. The molecule has 0 spiro atoms. The van der Waals surface area contributed by atoms with Crippen LogP contribution < -0.4 is 0 Å². The highest BCUT2D eigenvalue weighted by molar-refractivity contribution is 8.00. The third-order valence-corrected chi connectivity index (χ3v) is 4.39. The van der Waals surface area contributed by atoms with Crippen LogP contribution in [0.2, 0.25) is 0 Å². The van der Waals surface area contributed by atoms with Gasteiger partial charge < -0.3 is 0 Å². The molecular weight excluding hydrogens is 290 g/mol. The van der Waals surface area contributed by atoms with E-state index in [9.17, 15) is 8.78 Å². The summed E-state index contributed by atoms with van der Waals surface area (Å²) in [6, 6.07) is 6.89. The number of alkyl halides is 2. The SMILES string of the molecule is FC(F)n1c(CSc2nncs2)nc2ccccc21. The van der Waals surface area contributed by atoms with E-state index < -0.39 is 6.55 Å². The molecular formula is C11H8F2N4S2. The first-order chi connectivity index (χ1) is 9.25. The van der Waals surface area contributed by atoms with Crippen molar-refractivity contribution >= 4 is 34.1 Å². The maximum absolute atomic E-state index is 13.1. The fourth-order valence-electron chi connectivity index (χ4n) is 1.77. The average molecular weight is 298 g/mol. The van der Waals surface area contributed by atoms with E-state index in [4.69, 9.17) is 0 Å². The molecule has 0 atom stereocenters. The van der Waals surface area contributed by atoms with Gasteiger partial charge in [0.1, 0.15) is 11.3 Å². The number of imidazole rings is 1. The van der Waals surface area contributed by atoms with E-state index >= 15 is 0 Å². The number of aromatic nitrogens is 4. The number of hydrogen-bond acceptors (Lipinski definition) is 5. The molecule has 8 heteroatoms. The minimum Gasteiger partial charge on any atom is -0.269 e. The predicted molar refractivity (Wildman–Crippen MR) is 70.5 cm³/mol. The summed E-state index contributed by atoms with van der Waals surface area (Å²) in [5.74, 6) is 0.685. The molecule has 0 bridgehead atoms. The zero-order valence-electron chi connectivity index (χ0n) is 9.53. The van der Waals surface area contributed by atoms with E-state index in [-0.39, 0.29) is 0 Å². The number of benzene rings is 1. The number of nitrogens with zero attached hydrogens (tertiary/aromatic N) is 4. The van der Waals surface area contributed by atoms with Crippen molar-refractivity contribution in [2.45, 2.75) is 16.6 Å². The van der Waals surface area contributed by atoms with Gasteiger partial charge in [-0.15, -0.1) is 10.2 Å². The molecule has 98 valence electrons. The Morgan fingerprint density at radius 1 is 1.32 bits per heavy atom. The third kappa shape index (κ3) is 2.45. The van der Waals surface area contributed by atoms with Gasteiger partial charge in [-0.3, -0.25) is 4.57 Å². The Bertz CT molecular complexity index is 681. The molecule has 0 fully saturated rings. The second-order valence-electron chi connectivity index (χ2n) is 3.66. The smallest absolute Gasteiger partial charge is 0.269 e. The van der Waals surface area contributed by atoms with Crippen LogP contribution in [-0.4, -0.2) is 19.7 Å². The molecule has 0 unspecified atom stereocenters. The quantitative estimate of drug-likeness (QED) is 0.691. The van der Waals surface area contributed by atoms with E-state index in [1.54, 1.807) is 29.8 Å². The summed E-state index contributed by atoms with van der Waals surface area (Å²) in [5, 5.41) is 7.57. The number of rotatable bonds is 4. The number of halogens is 2. The van der Waals surface area contributed by atoms with Gasteiger partial charge in [0.25, 0.3) is 0 Å². The summed E-state index contributed by atoms with van der Waals surface area (Å²) in [5.41, 5.74) is 2.64. The Hall–Kier alpha value is -1.54. The minimum absolute atomic E-state index is 0.341. The lowest BCUT2D eigenvalue weighted by molar-refractivity contribution is 0.0722. The highest BCUT2D eigenvalue weighted by Crippen LogP contribution is 2.28. The Labute approximate surface area is 115 Å². The van der Waals surface area contributed by atoms with Crippen LogP contribution >= 0.6 is 23.1 Å². The summed E-state index contributed by atoms with van der Waals surface area (Å²) < 4.78 is 28.0. The summed E-state index contributed by atoms with van der Waals surface area (Å²) in [7, 11) is 0. The van der Waals surface area contributed by atoms with Crippen LogP contribution in [0.15, 0.2) is 34.1 Å². The topological polar surface area (TPSA) is 43.6 Å². The lowest BCUT2D eigenvalue weighted by atomic mass is 10.3. The van der Waals surface area contributed by atoms with E-state index in [0.717, 1.165) is 8.91 Å². The van der Waals surface area contributed by atoms with Crippen molar-refractivity contribution in [3.8, 4) is 0 Å². The largest absolute Gasteiger partial charge is 0.320 e. The molecule has 0 aliphatic rings. The van der Waals surface area contributed by atoms with E-state index in [1.807, 2.05) is 0 Å². The molecule has 3 aromatic rings. The van der Waals surface area contributed by atoms with Crippen LogP contribution in [0, 0.1) is 0 Å². The van der Waals surface area contributed by atoms with Gasteiger partial charge in [-0.1, -0.05) is 35.2 Å². The molecule has 0 N–H and O–H groups in total. The lowest BCUT2D eigenvalue weighted by Crippen LogP contribution is -2.03. The van der Waals surface area contributed by atoms with E-state index in [1.165, 1.54) is 23.1 Å². The maximum atomic E-state index is 13.1. The van der Waals surface area contributed by atoms with Crippen molar-refractivity contribution < 1.29 is 8.78 Å². The lowest BCUT2D eigenvalue weighted by Gasteiger charge is -2.06. The molecule has 0 radical (unpaired) electrons. The molecule has 3 rings (SSSR count). The summed E-state index contributed by atoms with van der Waals surface area (Å²) in [4.78, 5) is 4.25. The van der Waals surface area contributed by atoms with Gasteiger partial charge in [0.05, 0.1) is 16.8 Å². The van der Waals surface area contributed by atoms with Gasteiger partial charge in [-0.25, -0.2) is 4.98 Å². The molecule has 0 aliphatic carbocycles. The van der Waals surface area contributed by atoms with Gasteiger partial charge in [0, 0.05) is 0 Å². The highest BCUT2D eigenvalue weighted by Gasteiger charge is 2.17. The fraction of sp³-hybridized carbons (Fsp3) is 0.182. The van der Waals surface area contributed by atoms with Gasteiger partial charge >= 0.3 is 6.55 Å². The first-order valence-corrected chi connectivity index (χ1v) is 7.25. The van der Waals surface area contributed by atoms with Crippen LogP contribution in [0.4, 0.5) is 8.78 Å². The van der Waals surface area contributed by atoms with Crippen LogP contribution in [0.5, 0.6) is 0 Å². The van der Waals surface area contributed by atoms with Crippen LogP contribution in [-0.2, 0) is 5.75 Å². The van der Waals surface area contributed by atoms with Gasteiger partial charge in [0.15, 0.2) is 4.34 Å². The van der Waals surface area contributed by atoms with Crippen LogP contribution in [0.1, 0.15) is 12.4 Å². The predicted octanol–water partition coefficient (Wildman–Crippen LogP) is 3.58. The molecule has 0 saturated carbocycles. The Morgan fingerprint density at radius 3 is 2.89 bits per heavy atom. The summed E-state index contributed by atoms with van der Waals surface area (Å²) in [6.07, 6.45) is 0. The molecule has 0 amide bonds. The summed E-state index contributed by atoms with van der Waals surface area (Å²) >= 11 is 2.73. The van der Waals surface area contributed by atoms with E-state index in [0.29, 0.717) is 22.6 Å². The standard InChI is InChI=1S/C11H8F2N4S2/c12-10(13)17-8-4-2-1-3-7(8)15-9(17)5-18-11-16-14-6-19-11/h1-4,6,10H,5H2. The average Bonchev–Trinajstić information content (AvgIpc) is 3.03. The summed E-state index contributed by atoms with van der Waals surface area (Å²) in [6.45, 7) is -2.60. The molecule has 2 heterocycles. The zero-order valence-corrected chi connectivity index (χ0v) is 11.2. The third-order valence-electron chi connectivity index (χ3n) is 2.53. The van der Waals surface area contributed by atoms with Crippen molar-refractivity contribution in [1.82, 2.24) is 19.7 Å². The molecule has 0 saturated heterocycles. The highest BCUT2D eigenvalue weighted by atomic mass is 32.2. The number of fused-ring (bicyclic) bond motifs is 1.